The van der Waals surface area contributed by atoms with Gasteiger partial charge in [-0.3, -0.25) is 0 Å². The van der Waals surface area contributed by atoms with Gasteiger partial charge in [-0.05, 0) is 23.8 Å². The maximum atomic E-state index is 13.5. The molecule has 0 aliphatic carbocycles. The molecule has 20 heavy (non-hydrogen) atoms. The molecule has 6 heteroatoms. The minimum absolute atomic E-state index is 0.000578. The average molecular weight is 304 g/mol. The van der Waals surface area contributed by atoms with Crippen LogP contribution in [0.1, 0.15) is 11.6 Å². The van der Waals surface area contributed by atoms with E-state index in [1.54, 1.807) is 6.07 Å². The molecular weight excluding hydrogens is 294 g/mol. The lowest BCUT2D eigenvalue weighted by Crippen LogP contribution is -2.28. The van der Waals surface area contributed by atoms with Crippen LogP contribution in [0, 0.1) is 5.82 Å². The van der Waals surface area contributed by atoms with Crippen molar-refractivity contribution in [2.75, 3.05) is 5.32 Å². The van der Waals surface area contributed by atoms with E-state index < -0.39 is 18.0 Å². The number of hydrogen-bond donors (Lipinski definition) is 1. The Labute approximate surface area is 118 Å². The lowest BCUT2D eigenvalue weighted by molar-refractivity contribution is -0.144. The van der Waals surface area contributed by atoms with Gasteiger partial charge in [0, 0.05) is 5.02 Å². The van der Waals surface area contributed by atoms with E-state index in [1.165, 1.54) is 30.3 Å². The van der Waals surface area contributed by atoms with Gasteiger partial charge in [0.05, 0.1) is 5.69 Å². The zero-order chi connectivity index (χ0) is 14.8. The van der Waals surface area contributed by atoms with E-state index in [0.29, 0.717) is 0 Å². The summed E-state index contributed by atoms with van der Waals surface area (Å²) < 4.78 is 52.9. The number of halogens is 5. The molecule has 2 aromatic rings. The molecule has 1 N–H and O–H groups in total. The summed E-state index contributed by atoms with van der Waals surface area (Å²) in [5.41, 5.74) is -0.289. The van der Waals surface area contributed by atoms with Crippen molar-refractivity contribution in [2.24, 2.45) is 0 Å². The Morgan fingerprint density at radius 2 is 1.65 bits per heavy atom. The predicted octanol–water partition coefficient (Wildman–Crippen LogP) is 5.19. The van der Waals surface area contributed by atoms with Gasteiger partial charge >= 0.3 is 6.18 Å². The molecule has 106 valence electrons. The topological polar surface area (TPSA) is 12.0 Å². The van der Waals surface area contributed by atoms with Crippen molar-refractivity contribution in [1.29, 1.82) is 0 Å². The Hall–Kier alpha value is -1.75. The van der Waals surface area contributed by atoms with Gasteiger partial charge < -0.3 is 5.32 Å². The van der Waals surface area contributed by atoms with E-state index in [0.717, 1.165) is 12.1 Å². The molecule has 0 amide bonds. The van der Waals surface area contributed by atoms with Crippen LogP contribution in [0.2, 0.25) is 5.02 Å². The number of hydrogen-bond acceptors (Lipinski definition) is 1. The second-order valence-corrected chi connectivity index (χ2v) is 4.59. The van der Waals surface area contributed by atoms with Gasteiger partial charge in [-0.15, -0.1) is 0 Å². The second kappa shape index (κ2) is 5.71. The van der Waals surface area contributed by atoms with Crippen molar-refractivity contribution in [2.45, 2.75) is 12.2 Å². The summed E-state index contributed by atoms with van der Waals surface area (Å²) in [5, 5.41) is 2.32. The first-order valence-corrected chi connectivity index (χ1v) is 6.09. The standard InChI is InChI=1S/C14H10ClF4N/c15-10-6-7-11(16)12(8-10)20-13(14(17,18)19)9-4-2-1-3-5-9/h1-8,13,20H. The molecule has 0 saturated heterocycles. The zero-order valence-electron chi connectivity index (χ0n) is 10.1. The van der Waals surface area contributed by atoms with Crippen molar-refractivity contribution >= 4 is 17.3 Å². The molecule has 0 aromatic heterocycles. The van der Waals surface area contributed by atoms with Crippen LogP contribution in [0.4, 0.5) is 23.2 Å². The summed E-state index contributed by atoms with van der Waals surface area (Å²) in [7, 11) is 0. The first kappa shape index (κ1) is 14.7. The Balaban J connectivity index is 2.37. The lowest BCUT2D eigenvalue weighted by atomic mass is 10.1. The lowest BCUT2D eigenvalue weighted by Gasteiger charge is -2.23. The Kier molecular flexibility index (Phi) is 4.18. The predicted molar refractivity (Wildman–Crippen MR) is 70.3 cm³/mol. The highest BCUT2D eigenvalue weighted by Crippen LogP contribution is 2.36. The minimum Gasteiger partial charge on any atom is -0.368 e. The third kappa shape index (κ3) is 3.42. The summed E-state index contributed by atoms with van der Waals surface area (Å²) in [6.07, 6.45) is -4.56. The number of rotatable bonds is 3. The highest BCUT2D eigenvalue weighted by molar-refractivity contribution is 6.30. The van der Waals surface area contributed by atoms with Crippen LogP contribution in [0.5, 0.6) is 0 Å². The largest absolute Gasteiger partial charge is 0.412 e. The zero-order valence-corrected chi connectivity index (χ0v) is 10.8. The van der Waals surface area contributed by atoms with Crippen LogP contribution in [-0.2, 0) is 0 Å². The molecule has 0 aliphatic rings. The molecular formula is C14H10ClF4N. The molecule has 0 fully saturated rings. The molecule has 1 nitrogen and oxygen atoms in total. The van der Waals surface area contributed by atoms with E-state index in [9.17, 15) is 17.6 Å². The van der Waals surface area contributed by atoms with Gasteiger partial charge in [-0.1, -0.05) is 41.9 Å². The third-order valence-corrected chi connectivity index (χ3v) is 2.92. The summed E-state index contributed by atoms with van der Waals surface area (Å²) in [6, 6.07) is 8.65. The molecule has 0 radical (unpaired) electrons. The number of alkyl halides is 3. The quantitative estimate of drug-likeness (QED) is 0.769. The number of nitrogens with one attached hydrogen (secondary N) is 1. The normalized spacial score (nSPS) is 13.1. The van der Waals surface area contributed by atoms with Crippen LogP contribution >= 0.6 is 11.6 Å². The van der Waals surface area contributed by atoms with Gasteiger partial charge in [-0.25, -0.2) is 4.39 Å². The first-order valence-electron chi connectivity index (χ1n) is 5.71. The fourth-order valence-electron chi connectivity index (χ4n) is 1.76. The molecule has 2 aromatic carbocycles. The smallest absolute Gasteiger partial charge is 0.368 e. The van der Waals surface area contributed by atoms with Gasteiger partial charge in [0.25, 0.3) is 0 Å². The van der Waals surface area contributed by atoms with E-state index in [4.69, 9.17) is 11.6 Å². The molecule has 1 unspecified atom stereocenters. The maximum Gasteiger partial charge on any atom is 0.412 e. The third-order valence-electron chi connectivity index (χ3n) is 2.69. The molecule has 0 saturated carbocycles. The second-order valence-electron chi connectivity index (χ2n) is 4.15. The van der Waals surface area contributed by atoms with Crippen LogP contribution < -0.4 is 5.32 Å². The molecule has 0 heterocycles. The van der Waals surface area contributed by atoms with Gasteiger partial charge in [0.1, 0.15) is 11.9 Å². The van der Waals surface area contributed by atoms with Gasteiger partial charge in [0.2, 0.25) is 0 Å². The van der Waals surface area contributed by atoms with Crippen LogP contribution in [0.15, 0.2) is 48.5 Å². The summed E-state index contributed by atoms with van der Waals surface area (Å²) >= 11 is 5.67. The van der Waals surface area contributed by atoms with E-state index in [-0.39, 0.29) is 16.3 Å². The van der Waals surface area contributed by atoms with E-state index in [1.807, 2.05) is 0 Å². The summed E-state index contributed by atoms with van der Waals surface area (Å²) in [5.74, 6) is -0.792. The monoisotopic (exact) mass is 303 g/mol. The highest BCUT2D eigenvalue weighted by atomic mass is 35.5. The van der Waals surface area contributed by atoms with Gasteiger partial charge in [-0.2, -0.15) is 13.2 Å². The summed E-state index contributed by atoms with van der Waals surface area (Å²) in [6.45, 7) is 0. The van der Waals surface area contributed by atoms with Crippen LogP contribution in [-0.4, -0.2) is 6.18 Å². The summed E-state index contributed by atoms with van der Waals surface area (Å²) in [4.78, 5) is 0. The van der Waals surface area contributed by atoms with Crippen molar-refractivity contribution < 1.29 is 17.6 Å². The number of benzene rings is 2. The maximum absolute atomic E-state index is 13.5. The van der Waals surface area contributed by atoms with Crippen molar-refractivity contribution in [3.8, 4) is 0 Å². The number of anilines is 1. The van der Waals surface area contributed by atoms with Crippen LogP contribution in [0.25, 0.3) is 0 Å². The minimum atomic E-state index is -4.56. The van der Waals surface area contributed by atoms with Crippen molar-refractivity contribution in [3.05, 3.63) is 64.9 Å². The molecule has 0 spiro atoms. The average Bonchev–Trinajstić information content (AvgIpc) is 2.39. The first-order chi connectivity index (χ1) is 9.38. The SMILES string of the molecule is Fc1ccc(Cl)cc1NC(c1ccccc1)C(F)(F)F. The van der Waals surface area contributed by atoms with Gasteiger partial charge in [0.15, 0.2) is 0 Å². The van der Waals surface area contributed by atoms with Crippen LogP contribution in [0.3, 0.4) is 0 Å². The van der Waals surface area contributed by atoms with E-state index in [2.05, 4.69) is 5.32 Å². The Morgan fingerprint density at radius 1 is 1.00 bits per heavy atom. The fourth-order valence-corrected chi connectivity index (χ4v) is 1.94. The van der Waals surface area contributed by atoms with Crippen molar-refractivity contribution in [3.63, 3.8) is 0 Å². The highest BCUT2D eigenvalue weighted by Gasteiger charge is 2.41. The Bertz CT molecular complexity index is 583. The molecule has 0 aliphatic heterocycles. The molecule has 0 bridgehead atoms. The van der Waals surface area contributed by atoms with E-state index >= 15 is 0 Å². The molecule has 1 atom stereocenters. The fraction of sp³-hybridized carbons (Fsp3) is 0.143. The Morgan fingerprint density at radius 3 is 2.25 bits per heavy atom. The molecule has 2 rings (SSSR count). The van der Waals surface area contributed by atoms with Crippen molar-refractivity contribution in [1.82, 2.24) is 0 Å².